The minimum atomic E-state index is -1.60. The molecule has 1 fully saturated rings. The van der Waals surface area contributed by atoms with E-state index in [-0.39, 0.29) is 6.61 Å². The van der Waals surface area contributed by atoms with E-state index in [2.05, 4.69) is 11.7 Å². The first-order valence-electron chi connectivity index (χ1n) is 18.2. The Morgan fingerprint density at radius 3 is 1.32 bits per heavy atom. The molecule has 0 spiro atoms. The summed E-state index contributed by atoms with van der Waals surface area (Å²) in [6, 6.07) is 0. The third-order valence-corrected chi connectivity index (χ3v) is 9.33. The molecule has 1 N–H and O–H groups in total. The Kier molecular flexibility index (Phi) is 26.6. The average Bonchev–Trinajstić information content (AvgIpc) is 2.97. The Morgan fingerprint density at radius 1 is 0.585 bits per heavy atom. The molecule has 1 atom stereocenters. The van der Waals surface area contributed by atoms with Crippen LogP contribution in [-0.2, 0) is 9.47 Å². The lowest BCUT2D eigenvalue weighted by atomic mass is 9.78. The van der Waals surface area contributed by atoms with Crippen molar-refractivity contribution in [2.75, 3.05) is 6.61 Å². The van der Waals surface area contributed by atoms with E-state index in [1.54, 1.807) is 0 Å². The van der Waals surface area contributed by atoms with Crippen LogP contribution in [0.25, 0.3) is 0 Å². The molecule has 0 aromatic carbocycles. The molecule has 1 unspecified atom stereocenters. The van der Waals surface area contributed by atoms with E-state index in [4.69, 9.17) is 9.84 Å². The second-order valence-electron chi connectivity index (χ2n) is 13.0. The number of unbranched alkanes of at least 4 members (excludes halogenated alkanes) is 23. The number of hydrogen-bond donors (Lipinski definition) is 1. The summed E-state index contributed by atoms with van der Waals surface area (Å²) in [7, 11) is 0. The van der Waals surface area contributed by atoms with Crippen LogP contribution in [0.5, 0.6) is 0 Å². The molecule has 5 nitrogen and oxygen atoms in total. The van der Waals surface area contributed by atoms with Crippen molar-refractivity contribution in [1.82, 2.24) is 0 Å². The third-order valence-electron chi connectivity index (χ3n) is 9.33. The van der Waals surface area contributed by atoms with Gasteiger partial charge in [-0.1, -0.05) is 193 Å². The van der Waals surface area contributed by atoms with Crippen molar-refractivity contribution >= 4 is 12.3 Å². The van der Waals surface area contributed by atoms with Gasteiger partial charge in [-0.05, 0) is 18.3 Å². The van der Waals surface area contributed by atoms with E-state index in [0.717, 1.165) is 12.8 Å². The van der Waals surface area contributed by atoms with Gasteiger partial charge in [0.05, 0.1) is 6.61 Å². The molecule has 5 heteroatoms. The number of ether oxygens (including phenoxy) is 2. The van der Waals surface area contributed by atoms with Crippen molar-refractivity contribution in [2.45, 2.75) is 200 Å². The van der Waals surface area contributed by atoms with Crippen LogP contribution in [0.4, 0.5) is 9.59 Å². The lowest BCUT2D eigenvalue weighted by Gasteiger charge is -2.29. The molecular formula is C36H68O5. The summed E-state index contributed by atoms with van der Waals surface area (Å²) in [6.45, 7) is 2.58. The second-order valence-corrected chi connectivity index (χ2v) is 13.0. The van der Waals surface area contributed by atoms with Crippen LogP contribution in [0.3, 0.4) is 0 Å². The zero-order valence-electron chi connectivity index (χ0n) is 27.2. The fourth-order valence-corrected chi connectivity index (χ4v) is 6.71. The van der Waals surface area contributed by atoms with Crippen LogP contribution >= 0.6 is 0 Å². The highest BCUT2D eigenvalue weighted by atomic mass is 16.8. The molecule has 1 rings (SSSR count). The van der Waals surface area contributed by atoms with Crippen LogP contribution < -0.4 is 0 Å². The number of rotatable bonds is 28. The maximum absolute atomic E-state index is 11.5. The quantitative estimate of drug-likeness (QED) is 0.0566. The van der Waals surface area contributed by atoms with E-state index in [9.17, 15) is 9.59 Å². The fraction of sp³-hybridized carbons (Fsp3) is 0.944. The molecule has 1 aliphatic carbocycles. The summed E-state index contributed by atoms with van der Waals surface area (Å²) in [5.74, 6) is 0.919. The van der Waals surface area contributed by atoms with E-state index in [1.807, 2.05) is 0 Å². The minimum absolute atomic E-state index is 0.288. The van der Waals surface area contributed by atoms with Crippen molar-refractivity contribution in [2.24, 2.45) is 11.8 Å². The molecule has 0 heterocycles. The SMILES string of the molecule is CCCCCCCCCCCCCCCCCCCCCCCCCCC(COC(=O)OC(=O)O)C1CCCCC1. The molecule has 1 saturated carbocycles. The molecular weight excluding hydrogens is 512 g/mol. The molecule has 0 aromatic heterocycles. The summed E-state index contributed by atoms with van der Waals surface area (Å²) in [5.41, 5.74) is 0. The van der Waals surface area contributed by atoms with Crippen molar-refractivity contribution < 1.29 is 24.2 Å². The summed E-state index contributed by atoms with van der Waals surface area (Å²) in [5, 5.41) is 8.58. The monoisotopic (exact) mass is 581 g/mol. The topological polar surface area (TPSA) is 72.8 Å². The van der Waals surface area contributed by atoms with E-state index in [1.165, 1.54) is 180 Å². The Bertz CT molecular complexity index is 587. The summed E-state index contributed by atoms with van der Waals surface area (Å²) < 4.78 is 9.23. The maximum Gasteiger partial charge on any atom is 0.518 e. The molecule has 0 amide bonds. The highest BCUT2D eigenvalue weighted by Crippen LogP contribution is 2.33. The minimum Gasteiger partial charge on any atom is -0.449 e. The number of carbonyl (C=O) groups is 2. The van der Waals surface area contributed by atoms with E-state index in [0.29, 0.717) is 11.8 Å². The molecule has 0 bridgehead atoms. The number of carboxylic acid groups (broad SMARTS) is 1. The van der Waals surface area contributed by atoms with Crippen molar-refractivity contribution in [1.29, 1.82) is 0 Å². The van der Waals surface area contributed by atoms with Gasteiger partial charge >= 0.3 is 12.3 Å². The van der Waals surface area contributed by atoms with Gasteiger partial charge < -0.3 is 14.6 Å². The largest absolute Gasteiger partial charge is 0.518 e. The number of hydrogen-bond acceptors (Lipinski definition) is 4. The van der Waals surface area contributed by atoms with Crippen molar-refractivity contribution in [3.63, 3.8) is 0 Å². The highest BCUT2D eigenvalue weighted by Gasteiger charge is 2.25. The first-order valence-corrected chi connectivity index (χ1v) is 18.2. The third kappa shape index (κ3) is 25.0. The van der Waals surface area contributed by atoms with Crippen molar-refractivity contribution in [3.8, 4) is 0 Å². The van der Waals surface area contributed by atoms with Gasteiger partial charge in [0.25, 0.3) is 0 Å². The normalized spacial score (nSPS) is 14.7. The predicted octanol–water partition coefficient (Wildman–Crippen LogP) is 12.8. The summed E-state index contributed by atoms with van der Waals surface area (Å²) in [6.07, 6.45) is 38.2. The smallest absolute Gasteiger partial charge is 0.449 e. The molecule has 41 heavy (non-hydrogen) atoms. The van der Waals surface area contributed by atoms with Gasteiger partial charge in [-0.3, -0.25) is 0 Å². The van der Waals surface area contributed by atoms with Gasteiger partial charge in [-0.25, -0.2) is 9.59 Å². The lowest BCUT2D eigenvalue weighted by molar-refractivity contribution is 0.0344. The predicted molar refractivity (Wildman–Crippen MR) is 172 cm³/mol. The molecule has 242 valence electrons. The molecule has 0 saturated heterocycles. The van der Waals surface area contributed by atoms with Crippen LogP contribution in [0.2, 0.25) is 0 Å². The Morgan fingerprint density at radius 2 is 0.951 bits per heavy atom. The van der Waals surface area contributed by atoms with Gasteiger partial charge in [0.2, 0.25) is 0 Å². The first kappa shape index (κ1) is 37.8. The fourth-order valence-electron chi connectivity index (χ4n) is 6.71. The van der Waals surface area contributed by atoms with Crippen LogP contribution in [0.1, 0.15) is 200 Å². The van der Waals surface area contributed by atoms with Crippen LogP contribution in [0.15, 0.2) is 0 Å². The molecule has 0 aliphatic heterocycles. The zero-order chi connectivity index (χ0) is 29.6. The molecule has 0 radical (unpaired) electrons. The standard InChI is InChI=1S/C36H68O5/c1-2-3-4-5-6-7-8-9-10-11-12-13-14-15-16-17-18-19-20-21-22-23-24-26-31-34(33-29-27-25-28-30-33)32-40-36(39)41-35(37)38/h33-34H,2-32H2,1H3,(H,37,38). The van der Waals surface area contributed by atoms with Crippen LogP contribution in [0, 0.1) is 11.8 Å². The van der Waals surface area contributed by atoms with Gasteiger partial charge in [-0.2, -0.15) is 0 Å². The Labute approximate surface area is 254 Å². The van der Waals surface area contributed by atoms with Gasteiger partial charge in [0.15, 0.2) is 0 Å². The maximum atomic E-state index is 11.5. The van der Waals surface area contributed by atoms with E-state index >= 15 is 0 Å². The summed E-state index contributed by atoms with van der Waals surface area (Å²) in [4.78, 5) is 22.0. The lowest BCUT2D eigenvalue weighted by Crippen LogP contribution is -2.25. The van der Waals surface area contributed by atoms with Gasteiger partial charge in [-0.15, -0.1) is 0 Å². The van der Waals surface area contributed by atoms with Gasteiger partial charge in [0, 0.05) is 0 Å². The second kappa shape index (κ2) is 28.8. The van der Waals surface area contributed by atoms with Crippen LogP contribution in [-0.4, -0.2) is 24.0 Å². The summed E-state index contributed by atoms with van der Waals surface area (Å²) >= 11 is 0. The average molecular weight is 581 g/mol. The molecule has 1 aliphatic rings. The highest BCUT2D eigenvalue weighted by molar-refractivity contribution is 5.75. The zero-order valence-corrected chi connectivity index (χ0v) is 27.2. The van der Waals surface area contributed by atoms with Crippen molar-refractivity contribution in [3.05, 3.63) is 0 Å². The van der Waals surface area contributed by atoms with E-state index < -0.39 is 12.3 Å². The Balaban J connectivity index is 1.85. The first-order chi connectivity index (χ1) is 20.1. The number of carbonyl (C=O) groups excluding carboxylic acids is 1. The molecule has 0 aromatic rings. The van der Waals surface area contributed by atoms with Gasteiger partial charge in [0.1, 0.15) is 0 Å². The Hall–Kier alpha value is -1.26.